The molecule has 25 heavy (non-hydrogen) atoms. The number of hydrogen-bond donors (Lipinski definition) is 2. The number of likely N-dealkylation sites (tertiary alicyclic amines) is 1. The molecule has 2 rings (SSSR count). The molecule has 5 nitrogen and oxygen atoms in total. The van der Waals surface area contributed by atoms with E-state index in [2.05, 4.69) is 27.2 Å². The van der Waals surface area contributed by atoms with Crippen molar-refractivity contribution in [2.24, 2.45) is 0 Å². The van der Waals surface area contributed by atoms with E-state index in [9.17, 15) is 13.6 Å². The highest BCUT2D eigenvalue weighted by molar-refractivity contribution is 5.89. The first-order valence-corrected chi connectivity index (χ1v) is 8.88. The fourth-order valence-corrected chi connectivity index (χ4v) is 3.06. The third kappa shape index (κ3) is 7.25. The van der Waals surface area contributed by atoms with E-state index in [0.29, 0.717) is 18.3 Å². The fraction of sp³-hybridized carbons (Fsp3) is 0.611. The maximum absolute atomic E-state index is 12.2. The summed E-state index contributed by atoms with van der Waals surface area (Å²) >= 11 is 0. The third-order valence-corrected chi connectivity index (χ3v) is 4.42. The topological polar surface area (TPSA) is 53.6 Å². The number of rotatable bonds is 8. The first-order chi connectivity index (χ1) is 12.0. The molecule has 1 aromatic rings. The summed E-state index contributed by atoms with van der Waals surface area (Å²) in [6.07, 6.45) is 5.82. The maximum atomic E-state index is 12.2. The van der Waals surface area contributed by atoms with Crippen molar-refractivity contribution in [2.75, 3.05) is 25.0 Å². The van der Waals surface area contributed by atoms with E-state index < -0.39 is 6.61 Å². The van der Waals surface area contributed by atoms with Crippen LogP contribution in [0.5, 0.6) is 5.75 Å². The number of nitrogens with one attached hydrogen (secondary N) is 2. The average Bonchev–Trinajstić information content (AvgIpc) is 2.56. The highest BCUT2D eigenvalue weighted by Gasteiger charge is 2.17. The van der Waals surface area contributed by atoms with Gasteiger partial charge >= 0.3 is 12.6 Å². The highest BCUT2D eigenvalue weighted by atomic mass is 19.3. The van der Waals surface area contributed by atoms with Crippen LogP contribution in [0.15, 0.2) is 24.3 Å². The third-order valence-electron chi connectivity index (χ3n) is 4.42. The summed E-state index contributed by atoms with van der Waals surface area (Å²) in [4.78, 5) is 14.4. The Morgan fingerprint density at radius 1 is 1.36 bits per heavy atom. The number of urea groups is 1. The fourth-order valence-electron chi connectivity index (χ4n) is 3.06. The minimum atomic E-state index is -2.88. The number of alkyl halides is 2. The molecule has 1 heterocycles. The van der Waals surface area contributed by atoms with E-state index in [4.69, 9.17) is 0 Å². The van der Waals surface area contributed by atoms with Gasteiger partial charge in [0.2, 0.25) is 0 Å². The van der Waals surface area contributed by atoms with Crippen LogP contribution in [0.4, 0.5) is 19.3 Å². The van der Waals surface area contributed by atoms with Gasteiger partial charge in [0.1, 0.15) is 5.75 Å². The van der Waals surface area contributed by atoms with Gasteiger partial charge in [-0.25, -0.2) is 4.79 Å². The van der Waals surface area contributed by atoms with Crippen LogP contribution in [0, 0.1) is 0 Å². The van der Waals surface area contributed by atoms with E-state index in [1.165, 1.54) is 37.9 Å². The number of carbonyl (C=O) groups is 1. The van der Waals surface area contributed by atoms with Crippen LogP contribution in [-0.4, -0.2) is 43.2 Å². The van der Waals surface area contributed by atoms with Crippen LogP contribution in [0.2, 0.25) is 0 Å². The van der Waals surface area contributed by atoms with Crippen molar-refractivity contribution in [3.05, 3.63) is 24.3 Å². The Labute approximate surface area is 147 Å². The van der Waals surface area contributed by atoms with Gasteiger partial charge < -0.3 is 20.3 Å². The zero-order chi connectivity index (χ0) is 18.1. The van der Waals surface area contributed by atoms with Crippen molar-refractivity contribution in [1.29, 1.82) is 0 Å². The quantitative estimate of drug-likeness (QED) is 0.691. The molecule has 0 aliphatic carbocycles. The standard InChI is InChI=1S/C18H27F2N3O2/c1-14-7-2-4-11-23(14)12-5-3-10-21-18(24)22-15-8-6-9-16(13-15)25-17(19)20/h6,8-9,13-14,17H,2-5,7,10-12H2,1H3,(H2,21,22,24)/t14-/m0/s1. The van der Waals surface area contributed by atoms with Gasteiger partial charge in [0.25, 0.3) is 0 Å². The lowest BCUT2D eigenvalue weighted by Gasteiger charge is -2.33. The van der Waals surface area contributed by atoms with Crippen molar-refractivity contribution in [2.45, 2.75) is 51.7 Å². The van der Waals surface area contributed by atoms with Gasteiger partial charge in [0, 0.05) is 24.3 Å². The van der Waals surface area contributed by atoms with Crippen molar-refractivity contribution in [3.63, 3.8) is 0 Å². The van der Waals surface area contributed by atoms with Gasteiger partial charge in [-0.3, -0.25) is 0 Å². The van der Waals surface area contributed by atoms with E-state index in [1.807, 2.05) is 0 Å². The molecule has 2 N–H and O–H groups in total. The maximum Gasteiger partial charge on any atom is 0.387 e. The van der Waals surface area contributed by atoms with E-state index >= 15 is 0 Å². The molecule has 0 bridgehead atoms. The smallest absolute Gasteiger partial charge is 0.387 e. The lowest BCUT2D eigenvalue weighted by atomic mass is 10.0. The molecule has 1 aromatic carbocycles. The first kappa shape index (κ1) is 19.4. The molecular formula is C18H27F2N3O2. The Kier molecular flexibility index (Phi) is 7.91. The number of amides is 2. The SMILES string of the molecule is C[C@H]1CCCCN1CCCCNC(=O)Nc1cccc(OC(F)F)c1. The summed E-state index contributed by atoms with van der Waals surface area (Å²) in [5.41, 5.74) is 0.415. The molecule has 0 aromatic heterocycles. The molecule has 0 unspecified atom stereocenters. The van der Waals surface area contributed by atoms with Crippen LogP contribution in [0.1, 0.15) is 39.0 Å². The number of benzene rings is 1. The largest absolute Gasteiger partial charge is 0.435 e. The Balaban J connectivity index is 1.62. The monoisotopic (exact) mass is 355 g/mol. The molecule has 2 amide bonds. The van der Waals surface area contributed by atoms with Crippen molar-refractivity contribution in [3.8, 4) is 5.75 Å². The number of anilines is 1. The molecule has 1 aliphatic heterocycles. The molecule has 1 atom stereocenters. The number of hydrogen-bond acceptors (Lipinski definition) is 3. The number of nitrogens with zero attached hydrogens (tertiary/aromatic N) is 1. The number of unbranched alkanes of at least 4 members (excludes halogenated alkanes) is 1. The molecule has 0 saturated carbocycles. The number of ether oxygens (including phenoxy) is 1. The van der Waals surface area contributed by atoms with Crippen molar-refractivity contribution in [1.82, 2.24) is 10.2 Å². The number of carbonyl (C=O) groups excluding carboxylic acids is 1. The lowest BCUT2D eigenvalue weighted by molar-refractivity contribution is -0.0497. The zero-order valence-corrected chi connectivity index (χ0v) is 14.6. The van der Waals surface area contributed by atoms with E-state index in [0.717, 1.165) is 19.4 Å². The van der Waals surface area contributed by atoms with Crippen LogP contribution >= 0.6 is 0 Å². The molecule has 1 saturated heterocycles. The summed E-state index contributed by atoms with van der Waals surface area (Å²) < 4.78 is 28.7. The summed E-state index contributed by atoms with van der Waals surface area (Å²) in [5, 5.41) is 5.40. The predicted octanol–water partition coefficient (Wildman–Crippen LogP) is 4.06. The minimum absolute atomic E-state index is 0.0171. The zero-order valence-electron chi connectivity index (χ0n) is 14.6. The number of piperidine rings is 1. The lowest BCUT2D eigenvalue weighted by Crippen LogP contribution is -2.38. The summed E-state index contributed by atoms with van der Waals surface area (Å²) in [6, 6.07) is 6.26. The normalized spacial score (nSPS) is 18.2. The molecule has 7 heteroatoms. The second kappa shape index (κ2) is 10.2. The second-order valence-corrected chi connectivity index (χ2v) is 6.38. The van der Waals surface area contributed by atoms with Gasteiger partial charge in [-0.05, 0) is 57.8 Å². The molecule has 1 aliphatic rings. The van der Waals surface area contributed by atoms with Crippen molar-refractivity contribution >= 4 is 11.7 Å². The second-order valence-electron chi connectivity index (χ2n) is 6.38. The van der Waals surface area contributed by atoms with E-state index in [-0.39, 0.29) is 11.8 Å². The van der Waals surface area contributed by atoms with E-state index in [1.54, 1.807) is 12.1 Å². The average molecular weight is 355 g/mol. The summed E-state index contributed by atoms with van der Waals surface area (Å²) in [6.45, 7) is 2.22. The summed E-state index contributed by atoms with van der Waals surface area (Å²) in [5.74, 6) is 0.0171. The summed E-state index contributed by atoms with van der Waals surface area (Å²) in [7, 11) is 0. The molecule has 1 fully saturated rings. The van der Waals surface area contributed by atoms with Gasteiger partial charge in [-0.2, -0.15) is 8.78 Å². The molecule has 0 radical (unpaired) electrons. The Morgan fingerprint density at radius 2 is 2.20 bits per heavy atom. The van der Waals surface area contributed by atoms with Crippen LogP contribution in [0.25, 0.3) is 0 Å². The van der Waals surface area contributed by atoms with Crippen molar-refractivity contribution < 1.29 is 18.3 Å². The van der Waals surface area contributed by atoms with Gasteiger partial charge in [-0.15, -0.1) is 0 Å². The predicted molar refractivity (Wildman–Crippen MR) is 94.2 cm³/mol. The van der Waals surface area contributed by atoms with Gasteiger partial charge in [-0.1, -0.05) is 12.5 Å². The Morgan fingerprint density at radius 3 is 2.96 bits per heavy atom. The molecule has 140 valence electrons. The highest BCUT2D eigenvalue weighted by Crippen LogP contribution is 2.19. The minimum Gasteiger partial charge on any atom is -0.435 e. The number of halogens is 2. The van der Waals surface area contributed by atoms with Gasteiger partial charge in [0.05, 0.1) is 0 Å². The Bertz CT molecular complexity index is 543. The Hall–Kier alpha value is -1.89. The first-order valence-electron chi connectivity index (χ1n) is 8.88. The molecule has 0 spiro atoms. The molecular weight excluding hydrogens is 328 g/mol. The van der Waals surface area contributed by atoms with Crippen LogP contribution in [-0.2, 0) is 0 Å². The van der Waals surface area contributed by atoms with Gasteiger partial charge in [0.15, 0.2) is 0 Å². The van der Waals surface area contributed by atoms with Crippen LogP contribution in [0.3, 0.4) is 0 Å². The van der Waals surface area contributed by atoms with Crippen LogP contribution < -0.4 is 15.4 Å².